The first-order valence-corrected chi connectivity index (χ1v) is 11.4. The standard InChI is InChI=1S/C21H18N4O2S3/c1-24-19(27)17-18(25(21(28)30-17)15-10-6-3-7-11-15)23-20(24)29-13-16(26)22-12-14-8-4-2-5-9-14/h2-11H,12-13H2,1H3,(H,22,26). The van der Waals surface area contributed by atoms with Crippen molar-refractivity contribution in [2.75, 3.05) is 5.75 Å². The number of thioether (sulfide) groups is 1. The lowest BCUT2D eigenvalue weighted by molar-refractivity contribution is -0.118. The van der Waals surface area contributed by atoms with Crippen LogP contribution in [0.1, 0.15) is 5.56 Å². The first-order chi connectivity index (χ1) is 14.5. The molecule has 9 heteroatoms. The zero-order chi connectivity index (χ0) is 21.1. The molecule has 0 saturated carbocycles. The van der Waals surface area contributed by atoms with Crippen LogP contribution in [0.15, 0.2) is 70.6 Å². The average Bonchev–Trinajstić information content (AvgIpc) is 3.11. The molecule has 0 bridgehead atoms. The number of carbonyl (C=O) groups excluding carboxylic acids is 1. The van der Waals surface area contributed by atoms with Gasteiger partial charge in [-0.3, -0.25) is 18.7 Å². The van der Waals surface area contributed by atoms with Gasteiger partial charge >= 0.3 is 0 Å². The molecule has 1 amide bonds. The van der Waals surface area contributed by atoms with Gasteiger partial charge in [-0.1, -0.05) is 71.6 Å². The minimum atomic E-state index is -0.169. The normalized spacial score (nSPS) is 11.0. The number of hydrogen-bond donors (Lipinski definition) is 1. The average molecular weight is 455 g/mol. The highest BCUT2D eigenvalue weighted by Gasteiger charge is 2.17. The van der Waals surface area contributed by atoms with Crippen molar-refractivity contribution >= 4 is 51.6 Å². The van der Waals surface area contributed by atoms with Gasteiger partial charge < -0.3 is 5.32 Å². The molecule has 0 fully saturated rings. The van der Waals surface area contributed by atoms with Crippen LogP contribution in [-0.4, -0.2) is 25.8 Å². The Kier molecular flexibility index (Phi) is 6.12. The number of para-hydroxylation sites is 1. The first-order valence-electron chi connectivity index (χ1n) is 9.16. The molecule has 1 N–H and O–H groups in total. The van der Waals surface area contributed by atoms with Gasteiger partial charge in [0, 0.05) is 19.3 Å². The van der Waals surface area contributed by atoms with E-state index in [2.05, 4.69) is 10.3 Å². The predicted octanol–water partition coefficient (Wildman–Crippen LogP) is 3.92. The maximum atomic E-state index is 12.9. The van der Waals surface area contributed by atoms with Gasteiger partial charge in [-0.2, -0.15) is 0 Å². The van der Waals surface area contributed by atoms with E-state index in [1.54, 1.807) is 11.6 Å². The molecule has 4 rings (SSSR count). The minimum absolute atomic E-state index is 0.122. The predicted molar refractivity (Wildman–Crippen MR) is 124 cm³/mol. The van der Waals surface area contributed by atoms with Crippen LogP contribution in [0.3, 0.4) is 0 Å². The fraction of sp³-hybridized carbons (Fsp3) is 0.143. The van der Waals surface area contributed by atoms with E-state index in [1.807, 2.05) is 60.7 Å². The lowest BCUT2D eigenvalue weighted by Gasteiger charge is -2.09. The Hall–Kier alpha value is -2.75. The van der Waals surface area contributed by atoms with Crippen molar-refractivity contribution in [1.82, 2.24) is 19.4 Å². The second-order valence-electron chi connectivity index (χ2n) is 6.50. The second kappa shape index (κ2) is 8.95. The molecule has 6 nitrogen and oxygen atoms in total. The van der Waals surface area contributed by atoms with Crippen molar-refractivity contribution < 1.29 is 4.79 Å². The van der Waals surface area contributed by atoms with Crippen molar-refractivity contribution in [3.63, 3.8) is 0 Å². The Morgan fingerprint density at radius 2 is 1.80 bits per heavy atom. The molecule has 30 heavy (non-hydrogen) atoms. The summed E-state index contributed by atoms with van der Waals surface area (Å²) < 4.78 is 4.33. The molecular formula is C21H18N4O2S3. The molecule has 0 atom stereocenters. The van der Waals surface area contributed by atoms with E-state index >= 15 is 0 Å². The monoisotopic (exact) mass is 454 g/mol. The Morgan fingerprint density at radius 1 is 1.13 bits per heavy atom. The molecular weight excluding hydrogens is 436 g/mol. The number of rotatable bonds is 6. The van der Waals surface area contributed by atoms with Gasteiger partial charge in [-0.25, -0.2) is 4.98 Å². The highest BCUT2D eigenvalue weighted by atomic mass is 32.2. The summed E-state index contributed by atoms with van der Waals surface area (Å²) in [5.41, 5.74) is 2.23. The number of fused-ring (bicyclic) bond motifs is 1. The number of thiazole rings is 1. The first kappa shape index (κ1) is 20.5. The van der Waals surface area contributed by atoms with Gasteiger partial charge in [-0.05, 0) is 29.9 Å². The van der Waals surface area contributed by atoms with Crippen molar-refractivity contribution in [3.05, 3.63) is 80.5 Å². The lowest BCUT2D eigenvalue weighted by Crippen LogP contribution is -2.25. The summed E-state index contributed by atoms with van der Waals surface area (Å²) in [5.74, 6) is 0.0397. The van der Waals surface area contributed by atoms with E-state index in [-0.39, 0.29) is 17.2 Å². The van der Waals surface area contributed by atoms with Crippen LogP contribution in [-0.2, 0) is 18.4 Å². The molecule has 0 saturated heterocycles. The number of aromatic nitrogens is 3. The van der Waals surface area contributed by atoms with Crippen molar-refractivity contribution in [2.45, 2.75) is 11.7 Å². The Labute approximate surface area is 186 Å². The summed E-state index contributed by atoms with van der Waals surface area (Å²) in [6.45, 7) is 0.462. The van der Waals surface area contributed by atoms with Crippen LogP contribution in [0.25, 0.3) is 16.0 Å². The maximum absolute atomic E-state index is 12.9. The van der Waals surface area contributed by atoms with Gasteiger partial charge in [0.2, 0.25) is 5.91 Å². The van der Waals surface area contributed by atoms with E-state index in [0.717, 1.165) is 11.3 Å². The summed E-state index contributed by atoms with van der Waals surface area (Å²) >= 11 is 7.97. The van der Waals surface area contributed by atoms with Crippen LogP contribution in [0.2, 0.25) is 0 Å². The molecule has 2 aromatic heterocycles. The molecule has 0 spiro atoms. The van der Waals surface area contributed by atoms with Crippen LogP contribution < -0.4 is 10.9 Å². The maximum Gasteiger partial charge on any atom is 0.273 e. The fourth-order valence-electron chi connectivity index (χ4n) is 2.92. The van der Waals surface area contributed by atoms with E-state index in [0.29, 0.717) is 26.0 Å². The van der Waals surface area contributed by atoms with Crippen LogP contribution in [0.4, 0.5) is 0 Å². The molecule has 2 aromatic carbocycles. The van der Waals surface area contributed by atoms with Gasteiger partial charge in [0.05, 0.1) is 5.75 Å². The Morgan fingerprint density at radius 3 is 2.50 bits per heavy atom. The third-order valence-electron chi connectivity index (χ3n) is 4.45. The summed E-state index contributed by atoms with van der Waals surface area (Å²) in [5, 5.41) is 3.36. The molecule has 0 unspecified atom stereocenters. The molecule has 152 valence electrons. The molecule has 0 aliphatic rings. The van der Waals surface area contributed by atoms with Crippen LogP contribution in [0.5, 0.6) is 0 Å². The summed E-state index contributed by atoms with van der Waals surface area (Å²) in [6, 6.07) is 19.3. The van der Waals surface area contributed by atoms with Crippen molar-refractivity contribution in [1.29, 1.82) is 0 Å². The largest absolute Gasteiger partial charge is 0.351 e. The van der Waals surface area contributed by atoms with Gasteiger partial charge in [-0.15, -0.1) is 0 Å². The van der Waals surface area contributed by atoms with E-state index in [9.17, 15) is 9.59 Å². The summed E-state index contributed by atoms with van der Waals surface area (Å²) in [4.78, 5) is 29.8. The zero-order valence-corrected chi connectivity index (χ0v) is 18.5. The molecule has 0 aliphatic heterocycles. The second-order valence-corrected chi connectivity index (χ2v) is 9.09. The number of nitrogens with one attached hydrogen (secondary N) is 1. The summed E-state index contributed by atoms with van der Waals surface area (Å²) in [6.07, 6.45) is 0. The quantitative estimate of drug-likeness (QED) is 0.272. The minimum Gasteiger partial charge on any atom is -0.351 e. The third kappa shape index (κ3) is 4.23. The molecule has 0 aliphatic carbocycles. The van der Waals surface area contributed by atoms with Crippen molar-refractivity contribution in [2.24, 2.45) is 7.05 Å². The molecule has 4 aromatic rings. The summed E-state index contributed by atoms with van der Waals surface area (Å²) in [7, 11) is 1.66. The topological polar surface area (TPSA) is 68.9 Å². The van der Waals surface area contributed by atoms with Crippen LogP contribution >= 0.6 is 35.3 Å². The Balaban J connectivity index is 1.58. The Bertz CT molecular complexity index is 1310. The number of carbonyl (C=O) groups is 1. The fourth-order valence-corrected chi connectivity index (χ4v) is 5.06. The van der Waals surface area contributed by atoms with Gasteiger partial charge in [0.15, 0.2) is 14.8 Å². The molecule has 2 heterocycles. The highest BCUT2D eigenvalue weighted by molar-refractivity contribution is 7.99. The molecule has 0 radical (unpaired) electrons. The smallest absolute Gasteiger partial charge is 0.273 e. The lowest BCUT2D eigenvalue weighted by atomic mass is 10.2. The SMILES string of the molecule is Cn1c(SCC(=O)NCc2ccccc2)nc2c(sc(=S)n2-c2ccccc2)c1=O. The number of hydrogen-bond acceptors (Lipinski definition) is 6. The van der Waals surface area contributed by atoms with E-state index < -0.39 is 0 Å². The third-order valence-corrected chi connectivity index (χ3v) is 6.83. The van der Waals surface area contributed by atoms with E-state index in [1.165, 1.54) is 27.7 Å². The van der Waals surface area contributed by atoms with E-state index in [4.69, 9.17) is 12.2 Å². The zero-order valence-electron chi connectivity index (χ0n) is 16.1. The highest BCUT2D eigenvalue weighted by Crippen LogP contribution is 2.25. The van der Waals surface area contributed by atoms with Gasteiger partial charge in [0.25, 0.3) is 5.56 Å². The van der Waals surface area contributed by atoms with Gasteiger partial charge in [0.1, 0.15) is 4.70 Å². The number of nitrogens with zero attached hydrogens (tertiary/aromatic N) is 3. The number of amides is 1. The van der Waals surface area contributed by atoms with Crippen LogP contribution in [0, 0.1) is 3.95 Å². The van der Waals surface area contributed by atoms with Crippen molar-refractivity contribution in [3.8, 4) is 5.69 Å². The number of benzene rings is 2.